The first-order chi connectivity index (χ1) is 16.3. The van der Waals surface area contributed by atoms with Crippen molar-refractivity contribution in [2.45, 2.75) is 26.9 Å². The Morgan fingerprint density at radius 2 is 1.88 bits per heavy atom. The van der Waals surface area contributed by atoms with Crippen molar-refractivity contribution in [1.82, 2.24) is 24.0 Å². The Hall–Kier alpha value is -3.54. The molecule has 34 heavy (non-hydrogen) atoms. The lowest BCUT2D eigenvalue weighted by Crippen LogP contribution is -2.74. The van der Waals surface area contributed by atoms with Crippen molar-refractivity contribution in [3.63, 3.8) is 0 Å². The molecule has 0 saturated carbocycles. The van der Waals surface area contributed by atoms with E-state index >= 15 is 0 Å². The first-order valence-corrected chi connectivity index (χ1v) is 11.2. The molecule has 0 atom stereocenters. The van der Waals surface area contributed by atoms with Gasteiger partial charge in [-0.15, -0.1) is 0 Å². The summed E-state index contributed by atoms with van der Waals surface area (Å²) in [5.74, 6) is 0.183. The number of ketones is 1. The number of aromatic nitrogens is 4. The van der Waals surface area contributed by atoms with Crippen LogP contribution in [0.4, 0.5) is 11.6 Å². The molecule has 1 aromatic carbocycles. The van der Waals surface area contributed by atoms with Gasteiger partial charge in [-0.3, -0.25) is 18.7 Å². The number of anilines is 1. The standard InChI is InChI=1S/C23H29N7O4/c1-15(2)8-11-29-19-20(25-22(29)28-12-9-24-10-13-28)27(3)23(33)30(21(19)32)14-18(31)16-6-4-5-7-17(16)26-34/h4-8,24,26,34H,9-14H2,1-3H3/p+1. The Morgan fingerprint density at radius 1 is 1.18 bits per heavy atom. The SMILES string of the molecule is CC(C)=CCn1c(N2CCNCC2)nc2c1c(=O)n(CC(=O)c1ccccc1[NH2+]O)c(=O)n2C. The molecular weight excluding hydrogens is 438 g/mol. The maximum atomic E-state index is 13.6. The molecule has 0 spiro atoms. The van der Waals surface area contributed by atoms with Gasteiger partial charge in [0.1, 0.15) is 0 Å². The van der Waals surface area contributed by atoms with E-state index in [4.69, 9.17) is 4.98 Å². The van der Waals surface area contributed by atoms with Gasteiger partial charge in [0.15, 0.2) is 22.6 Å². The summed E-state index contributed by atoms with van der Waals surface area (Å²) < 4.78 is 4.09. The van der Waals surface area contributed by atoms with Crippen LogP contribution in [0.1, 0.15) is 24.2 Å². The molecule has 0 bridgehead atoms. The Balaban J connectivity index is 1.88. The smallest absolute Gasteiger partial charge is 0.332 e. The average molecular weight is 469 g/mol. The van der Waals surface area contributed by atoms with Gasteiger partial charge in [0.2, 0.25) is 5.95 Å². The number of quaternary nitrogens is 1. The van der Waals surface area contributed by atoms with Crippen LogP contribution in [0.3, 0.4) is 0 Å². The van der Waals surface area contributed by atoms with Gasteiger partial charge in [-0.1, -0.05) is 23.8 Å². The van der Waals surface area contributed by atoms with E-state index in [2.05, 4.69) is 10.2 Å². The first kappa shape index (κ1) is 23.6. The molecule has 4 N–H and O–H groups in total. The number of nitrogens with two attached hydrogens (primary N) is 1. The lowest BCUT2D eigenvalue weighted by molar-refractivity contribution is -0.825. The Bertz CT molecular complexity index is 1370. The number of imidazole rings is 1. The van der Waals surface area contributed by atoms with Crippen LogP contribution < -0.4 is 26.9 Å². The number of nitrogens with zero attached hydrogens (tertiary/aromatic N) is 5. The highest BCUT2D eigenvalue weighted by atomic mass is 16.5. The topological polar surface area (TPSA) is 131 Å². The van der Waals surface area contributed by atoms with Crippen molar-refractivity contribution in [3.05, 3.63) is 62.3 Å². The number of fused-ring (bicyclic) bond motifs is 1. The van der Waals surface area contributed by atoms with Crippen LogP contribution in [0, 0.1) is 0 Å². The van der Waals surface area contributed by atoms with E-state index < -0.39 is 23.6 Å². The molecule has 11 nitrogen and oxygen atoms in total. The van der Waals surface area contributed by atoms with Gasteiger partial charge in [-0.05, 0) is 19.9 Å². The van der Waals surface area contributed by atoms with E-state index in [1.807, 2.05) is 24.5 Å². The molecule has 1 aliphatic heterocycles. The summed E-state index contributed by atoms with van der Waals surface area (Å²) in [6.45, 7) is 6.98. The van der Waals surface area contributed by atoms with Crippen LogP contribution in [-0.4, -0.2) is 55.9 Å². The summed E-state index contributed by atoms with van der Waals surface area (Å²) in [6.07, 6.45) is 2.00. The summed E-state index contributed by atoms with van der Waals surface area (Å²) in [5.41, 5.74) is 1.88. The van der Waals surface area contributed by atoms with E-state index in [1.165, 1.54) is 4.57 Å². The van der Waals surface area contributed by atoms with Crippen molar-refractivity contribution in [2.75, 3.05) is 31.1 Å². The van der Waals surface area contributed by atoms with Crippen LogP contribution in [0.25, 0.3) is 11.2 Å². The zero-order valence-corrected chi connectivity index (χ0v) is 19.6. The number of aryl methyl sites for hydroxylation is 1. The molecule has 1 fully saturated rings. The summed E-state index contributed by atoms with van der Waals surface area (Å²) in [7, 11) is 1.56. The second kappa shape index (κ2) is 9.75. The van der Waals surface area contributed by atoms with E-state index in [9.17, 15) is 19.6 Å². The minimum absolute atomic E-state index is 0.235. The van der Waals surface area contributed by atoms with Crippen LogP contribution in [0.5, 0.6) is 0 Å². The molecule has 3 aromatic rings. The van der Waals surface area contributed by atoms with E-state index in [1.54, 1.807) is 31.3 Å². The molecule has 0 unspecified atom stereocenters. The average Bonchev–Trinajstić information content (AvgIpc) is 3.24. The quantitative estimate of drug-likeness (QED) is 0.188. The molecule has 11 heteroatoms. The zero-order valence-electron chi connectivity index (χ0n) is 19.6. The monoisotopic (exact) mass is 468 g/mol. The molecule has 180 valence electrons. The molecule has 3 heterocycles. The third-order valence-corrected chi connectivity index (χ3v) is 6.00. The summed E-state index contributed by atoms with van der Waals surface area (Å²) in [4.78, 5) is 46.5. The number of para-hydroxylation sites is 1. The fourth-order valence-electron chi connectivity index (χ4n) is 4.14. The molecular formula is C23H30N7O4+. The largest absolute Gasteiger partial charge is 0.340 e. The van der Waals surface area contributed by atoms with Crippen molar-refractivity contribution in [1.29, 1.82) is 0 Å². The lowest BCUT2D eigenvalue weighted by atomic mass is 10.1. The number of allylic oxidation sites excluding steroid dienone is 2. The van der Waals surface area contributed by atoms with E-state index in [0.29, 0.717) is 23.8 Å². The van der Waals surface area contributed by atoms with Crippen molar-refractivity contribution in [2.24, 2.45) is 7.05 Å². The number of hydrogen-bond acceptors (Lipinski definition) is 7. The number of nitrogens with one attached hydrogen (secondary N) is 1. The van der Waals surface area contributed by atoms with Gasteiger partial charge in [-0.2, -0.15) is 10.5 Å². The lowest BCUT2D eigenvalue weighted by Gasteiger charge is -2.28. The third-order valence-electron chi connectivity index (χ3n) is 6.00. The highest BCUT2D eigenvalue weighted by Crippen LogP contribution is 2.21. The maximum Gasteiger partial charge on any atom is 0.332 e. The third kappa shape index (κ3) is 4.32. The predicted octanol–water partition coefficient (Wildman–Crippen LogP) is -0.260. The van der Waals surface area contributed by atoms with Gasteiger partial charge in [-0.25, -0.2) is 10.0 Å². The Labute approximate surface area is 195 Å². The normalized spacial score (nSPS) is 13.9. The summed E-state index contributed by atoms with van der Waals surface area (Å²) in [6, 6.07) is 6.50. The number of carbonyl (C=O) groups excluding carboxylic acids is 1. The van der Waals surface area contributed by atoms with Crippen molar-refractivity contribution in [3.8, 4) is 0 Å². The highest BCUT2D eigenvalue weighted by molar-refractivity contribution is 5.99. The maximum absolute atomic E-state index is 13.6. The molecule has 2 aromatic heterocycles. The Morgan fingerprint density at radius 3 is 2.56 bits per heavy atom. The highest BCUT2D eigenvalue weighted by Gasteiger charge is 2.25. The fraction of sp³-hybridized carbons (Fsp3) is 0.391. The van der Waals surface area contributed by atoms with Crippen LogP contribution in [-0.2, 0) is 20.1 Å². The number of rotatable bonds is 7. The number of hydrogen-bond donors (Lipinski definition) is 3. The fourth-order valence-corrected chi connectivity index (χ4v) is 4.14. The van der Waals surface area contributed by atoms with Gasteiger partial charge in [0.25, 0.3) is 5.56 Å². The molecule has 0 amide bonds. The minimum Gasteiger partial charge on any atom is -0.340 e. The molecule has 0 radical (unpaired) electrons. The van der Waals surface area contributed by atoms with Gasteiger partial charge >= 0.3 is 5.69 Å². The number of Topliss-reactive ketones (excluding diaryl/α,β-unsaturated/α-hetero) is 1. The zero-order chi connectivity index (χ0) is 24.4. The molecule has 4 rings (SSSR count). The van der Waals surface area contributed by atoms with Crippen molar-refractivity contribution < 1.29 is 15.5 Å². The van der Waals surface area contributed by atoms with Gasteiger partial charge in [0.05, 0.1) is 12.1 Å². The van der Waals surface area contributed by atoms with Crippen LogP contribution >= 0.6 is 0 Å². The predicted molar refractivity (Wildman–Crippen MR) is 128 cm³/mol. The van der Waals surface area contributed by atoms with Gasteiger partial charge < -0.3 is 14.8 Å². The second-order valence-corrected chi connectivity index (χ2v) is 8.59. The summed E-state index contributed by atoms with van der Waals surface area (Å²) >= 11 is 0. The minimum atomic E-state index is -0.616. The number of piperazine rings is 1. The Kier molecular flexibility index (Phi) is 6.77. The van der Waals surface area contributed by atoms with Crippen LogP contribution in [0.15, 0.2) is 45.5 Å². The molecule has 1 saturated heterocycles. The molecule has 0 aliphatic carbocycles. The van der Waals surface area contributed by atoms with E-state index in [-0.39, 0.29) is 11.1 Å². The van der Waals surface area contributed by atoms with Crippen molar-refractivity contribution >= 4 is 28.6 Å². The number of carbonyl (C=O) groups is 1. The van der Waals surface area contributed by atoms with E-state index in [0.717, 1.165) is 41.8 Å². The summed E-state index contributed by atoms with van der Waals surface area (Å²) in [5, 5.41) is 12.8. The van der Waals surface area contributed by atoms with Crippen LogP contribution in [0.2, 0.25) is 0 Å². The molecule has 1 aliphatic rings. The van der Waals surface area contributed by atoms with Gasteiger partial charge in [0, 0.05) is 45.8 Å². The second-order valence-electron chi connectivity index (χ2n) is 8.59. The number of benzene rings is 1. The first-order valence-electron chi connectivity index (χ1n) is 11.2.